The number of hydrogen-bond acceptors (Lipinski definition) is 6. The summed E-state index contributed by atoms with van der Waals surface area (Å²) in [6.07, 6.45) is -2.08. The molecule has 1 heterocycles. The Balaban J connectivity index is 1.94. The minimum Gasteiger partial charge on any atom is -0.486 e. The third kappa shape index (κ3) is 6.13. The van der Waals surface area contributed by atoms with Gasteiger partial charge >= 0.3 is 12.1 Å². The number of sulfonamides is 1. The van der Waals surface area contributed by atoms with Gasteiger partial charge in [-0.15, -0.1) is 0 Å². The number of carbonyl (C=O) groups excluding carboxylic acids is 1. The van der Waals surface area contributed by atoms with Gasteiger partial charge in [0.05, 0.1) is 30.2 Å². The summed E-state index contributed by atoms with van der Waals surface area (Å²) in [5.41, 5.74) is 0.127. The summed E-state index contributed by atoms with van der Waals surface area (Å²) < 4.78 is 51.8. The van der Waals surface area contributed by atoms with Crippen LogP contribution in [0.4, 0.5) is 20.6 Å². The molecule has 3 rings (SSSR count). The van der Waals surface area contributed by atoms with E-state index in [1.165, 1.54) is 18.2 Å². The maximum Gasteiger partial charge on any atom is 0.411 e. The average Bonchev–Trinajstić information content (AvgIpc) is 2.71. The Morgan fingerprint density at radius 3 is 2.48 bits per heavy atom. The number of hydrogen-bond donors (Lipinski definition) is 2. The fourth-order valence-corrected chi connectivity index (χ4v) is 4.59. The predicted molar refractivity (Wildman–Crippen MR) is 118 cm³/mol. The second kappa shape index (κ2) is 9.26. The molecule has 2 aromatic carbocycles. The summed E-state index contributed by atoms with van der Waals surface area (Å²) in [5.74, 6) is -1.62. The summed E-state index contributed by atoms with van der Waals surface area (Å²) >= 11 is 0. The quantitative estimate of drug-likeness (QED) is 0.644. The molecule has 2 N–H and O–H groups in total. The van der Waals surface area contributed by atoms with Gasteiger partial charge in [0, 0.05) is 5.69 Å². The van der Waals surface area contributed by atoms with Crippen LogP contribution in [0.25, 0.3) is 0 Å². The smallest absolute Gasteiger partial charge is 0.411 e. The van der Waals surface area contributed by atoms with Crippen LogP contribution in [0, 0.1) is 11.2 Å². The lowest BCUT2D eigenvalue weighted by Crippen LogP contribution is -2.44. The lowest BCUT2D eigenvalue weighted by Gasteiger charge is -2.35. The SMILES string of the molecule is CC(C)(C)COC(=O)Nc1ccc2c(c1)N(S(=O)(=O)c1ccc(F)cc1)CC(CC(=O)O)O2. The molecule has 0 aliphatic carbocycles. The maximum absolute atomic E-state index is 13.3. The van der Waals surface area contributed by atoms with E-state index in [0.29, 0.717) is 0 Å². The van der Waals surface area contributed by atoms with Crippen molar-refractivity contribution in [2.24, 2.45) is 5.41 Å². The van der Waals surface area contributed by atoms with Crippen molar-refractivity contribution in [2.45, 2.75) is 38.2 Å². The van der Waals surface area contributed by atoms with Crippen molar-refractivity contribution < 1.29 is 37.0 Å². The summed E-state index contributed by atoms with van der Waals surface area (Å²) in [5, 5.41) is 11.7. The molecular formula is C22H25FN2O7S. The van der Waals surface area contributed by atoms with Crippen LogP contribution in [0.2, 0.25) is 0 Å². The van der Waals surface area contributed by atoms with E-state index < -0.39 is 40.4 Å². The maximum atomic E-state index is 13.3. The van der Waals surface area contributed by atoms with E-state index in [-0.39, 0.29) is 40.6 Å². The molecule has 1 amide bonds. The van der Waals surface area contributed by atoms with E-state index in [1.807, 2.05) is 20.8 Å². The third-order valence-corrected chi connectivity index (χ3v) is 6.37. The molecule has 11 heteroatoms. The molecule has 1 unspecified atom stereocenters. The number of nitrogens with zero attached hydrogens (tertiary/aromatic N) is 1. The first-order valence-corrected chi connectivity index (χ1v) is 11.5. The fourth-order valence-electron chi connectivity index (χ4n) is 3.09. The molecule has 0 bridgehead atoms. The minimum absolute atomic E-state index is 0.106. The molecule has 0 saturated heterocycles. The number of carboxylic acid groups (broad SMARTS) is 1. The van der Waals surface area contributed by atoms with Crippen LogP contribution >= 0.6 is 0 Å². The Morgan fingerprint density at radius 1 is 1.21 bits per heavy atom. The zero-order chi connectivity index (χ0) is 24.4. The van der Waals surface area contributed by atoms with Gasteiger partial charge in [0.15, 0.2) is 0 Å². The van der Waals surface area contributed by atoms with Crippen LogP contribution in [-0.4, -0.2) is 44.8 Å². The van der Waals surface area contributed by atoms with Crippen LogP contribution in [0.1, 0.15) is 27.2 Å². The highest BCUT2D eigenvalue weighted by molar-refractivity contribution is 7.92. The van der Waals surface area contributed by atoms with Crippen LogP contribution in [-0.2, 0) is 19.6 Å². The molecule has 0 spiro atoms. The van der Waals surface area contributed by atoms with Gasteiger partial charge in [-0.3, -0.25) is 14.4 Å². The molecule has 0 aromatic heterocycles. The Kier molecular flexibility index (Phi) is 6.82. The zero-order valence-corrected chi connectivity index (χ0v) is 19.2. The van der Waals surface area contributed by atoms with Crippen molar-refractivity contribution >= 4 is 33.5 Å². The van der Waals surface area contributed by atoms with E-state index in [9.17, 15) is 22.4 Å². The molecule has 0 fully saturated rings. The van der Waals surface area contributed by atoms with Gasteiger partial charge in [0.2, 0.25) is 0 Å². The number of aliphatic carboxylic acids is 1. The van der Waals surface area contributed by atoms with Gasteiger partial charge in [-0.25, -0.2) is 17.6 Å². The number of benzene rings is 2. The van der Waals surface area contributed by atoms with Crippen molar-refractivity contribution in [2.75, 3.05) is 22.8 Å². The lowest BCUT2D eigenvalue weighted by atomic mass is 9.99. The van der Waals surface area contributed by atoms with E-state index >= 15 is 0 Å². The Morgan fingerprint density at radius 2 is 1.88 bits per heavy atom. The molecule has 1 aliphatic rings. The first-order valence-electron chi connectivity index (χ1n) is 10.1. The third-order valence-electron chi connectivity index (χ3n) is 4.58. The normalized spacial score (nSPS) is 15.9. The molecule has 1 aliphatic heterocycles. The molecule has 178 valence electrons. The highest BCUT2D eigenvalue weighted by Gasteiger charge is 2.35. The highest BCUT2D eigenvalue weighted by atomic mass is 32.2. The van der Waals surface area contributed by atoms with Crippen molar-refractivity contribution in [1.29, 1.82) is 0 Å². The standard InChI is InChI=1S/C22H25FN2O7S/c1-22(2,3)13-31-21(28)24-15-6-9-19-18(10-15)25(12-16(32-19)11-20(26)27)33(29,30)17-7-4-14(23)5-8-17/h4-10,16H,11-13H2,1-3H3,(H,24,28)(H,26,27). The van der Waals surface area contributed by atoms with Gasteiger partial charge < -0.3 is 14.6 Å². The number of carbonyl (C=O) groups is 2. The number of amides is 1. The van der Waals surface area contributed by atoms with Gasteiger partial charge in [-0.1, -0.05) is 20.8 Å². The summed E-state index contributed by atoms with van der Waals surface area (Å²) in [7, 11) is -4.19. The van der Waals surface area contributed by atoms with Crippen LogP contribution in [0.3, 0.4) is 0 Å². The predicted octanol–water partition coefficient (Wildman–Crippen LogP) is 3.85. The summed E-state index contributed by atoms with van der Waals surface area (Å²) in [6.45, 7) is 5.61. The van der Waals surface area contributed by atoms with E-state index in [0.717, 1.165) is 28.6 Å². The van der Waals surface area contributed by atoms with Crippen LogP contribution in [0.15, 0.2) is 47.4 Å². The summed E-state index contributed by atoms with van der Waals surface area (Å²) in [4.78, 5) is 23.2. The number of ether oxygens (including phenoxy) is 2. The number of carboxylic acids is 1. The fraction of sp³-hybridized carbons (Fsp3) is 0.364. The van der Waals surface area contributed by atoms with Gasteiger partial charge in [-0.05, 0) is 47.9 Å². The second-order valence-electron chi connectivity index (χ2n) is 8.77. The largest absolute Gasteiger partial charge is 0.486 e. The Hall–Kier alpha value is -3.34. The highest BCUT2D eigenvalue weighted by Crippen LogP contribution is 2.39. The van der Waals surface area contributed by atoms with Crippen molar-refractivity contribution in [3.8, 4) is 5.75 Å². The second-order valence-corrected chi connectivity index (χ2v) is 10.6. The van der Waals surface area contributed by atoms with Crippen molar-refractivity contribution in [3.63, 3.8) is 0 Å². The minimum atomic E-state index is -4.19. The molecule has 0 radical (unpaired) electrons. The Bertz CT molecular complexity index is 1140. The average molecular weight is 481 g/mol. The van der Waals surface area contributed by atoms with Gasteiger partial charge in [0.25, 0.3) is 10.0 Å². The van der Waals surface area contributed by atoms with Crippen LogP contribution in [0.5, 0.6) is 5.75 Å². The molecule has 33 heavy (non-hydrogen) atoms. The first kappa shape index (κ1) is 24.3. The van der Waals surface area contributed by atoms with E-state index in [1.54, 1.807) is 0 Å². The molecule has 1 atom stereocenters. The number of fused-ring (bicyclic) bond motifs is 1. The number of halogens is 1. The molecular weight excluding hydrogens is 455 g/mol. The molecule has 0 saturated carbocycles. The monoisotopic (exact) mass is 480 g/mol. The van der Waals surface area contributed by atoms with E-state index in [4.69, 9.17) is 14.6 Å². The molecule has 9 nitrogen and oxygen atoms in total. The van der Waals surface area contributed by atoms with E-state index in [2.05, 4.69) is 5.32 Å². The molecule has 2 aromatic rings. The van der Waals surface area contributed by atoms with Gasteiger partial charge in [-0.2, -0.15) is 0 Å². The number of rotatable bonds is 6. The van der Waals surface area contributed by atoms with Crippen molar-refractivity contribution in [3.05, 3.63) is 48.3 Å². The Labute approximate surface area is 191 Å². The van der Waals surface area contributed by atoms with Gasteiger partial charge in [0.1, 0.15) is 17.7 Å². The van der Waals surface area contributed by atoms with Crippen molar-refractivity contribution in [1.82, 2.24) is 0 Å². The lowest BCUT2D eigenvalue weighted by molar-refractivity contribution is -0.138. The topological polar surface area (TPSA) is 122 Å². The number of anilines is 2. The summed E-state index contributed by atoms with van der Waals surface area (Å²) in [6, 6.07) is 8.61. The number of nitrogens with one attached hydrogen (secondary N) is 1. The zero-order valence-electron chi connectivity index (χ0n) is 18.4. The van der Waals surface area contributed by atoms with Crippen LogP contribution < -0.4 is 14.4 Å². The first-order chi connectivity index (χ1) is 15.3.